The van der Waals surface area contributed by atoms with E-state index in [0.29, 0.717) is 28.8 Å². The smallest absolute Gasteiger partial charge is 0.339 e. The van der Waals surface area contributed by atoms with Gasteiger partial charge < -0.3 is 14.1 Å². The zero-order valence-electron chi connectivity index (χ0n) is 16.0. The van der Waals surface area contributed by atoms with Gasteiger partial charge >= 0.3 is 5.97 Å². The van der Waals surface area contributed by atoms with Crippen molar-refractivity contribution < 1.29 is 18.7 Å². The molecule has 0 unspecified atom stereocenters. The standard InChI is InChI=1S/C22H18ClN3O4/c23-15-7-5-13(6-8-15)20-25-24-19(30-20)12-26(16-9-10-16)21(27)18-11-14-3-1-2-4-17(14)22(28)29-18/h1-8,16,18H,9-12H2/t18-/m0/s1. The van der Waals surface area contributed by atoms with Crippen molar-refractivity contribution in [3.63, 3.8) is 0 Å². The third kappa shape index (κ3) is 3.68. The molecule has 0 radical (unpaired) electrons. The minimum atomic E-state index is -0.841. The summed E-state index contributed by atoms with van der Waals surface area (Å²) in [5, 5.41) is 8.79. The van der Waals surface area contributed by atoms with E-state index in [9.17, 15) is 9.59 Å². The molecule has 2 aromatic carbocycles. The number of nitrogens with zero attached hydrogens (tertiary/aromatic N) is 3. The Balaban J connectivity index is 1.34. The van der Waals surface area contributed by atoms with Gasteiger partial charge in [-0.05, 0) is 48.7 Å². The molecule has 1 amide bonds. The predicted octanol–water partition coefficient (Wildman–Crippen LogP) is 3.66. The van der Waals surface area contributed by atoms with Gasteiger partial charge in [-0.3, -0.25) is 4.79 Å². The predicted molar refractivity (Wildman–Crippen MR) is 108 cm³/mol. The molecular formula is C22H18ClN3O4. The van der Waals surface area contributed by atoms with E-state index in [1.165, 1.54) is 0 Å². The van der Waals surface area contributed by atoms with Crippen molar-refractivity contribution in [3.8, 4) is 11.5 Å². The fraction of sp³-hybridized carbons (Fsp3) is 0.273. The van der Waals surface area contributed by atoms with E-state index >= 15 is 0 Å². The number of amides is 1. The highest BCUT2D eigenvalue weighted by molar-refractivity contribution is 6.30. The number of fused-ring (bicyclic) bond motifs is 1. The Morgan fingerprint density at radius 3 is 2.63 bits per heavy atom. The zero-order valence-corrected chi connectivity index (χ0v) is 16.7. The monoisotopic (exact) mass is 423 g/mol. The van der Waals surface area contributed by atoms with E-state index in [1.54, 1.807) is 41.3 Å². The largest absolute Gasteiger partial charge is 0.448 e. The first kappa shape index (κ1) is 18.8. The second-order valence-corrected chi connectivity index (χ2v) is 7.90. The lowest BCUT2D eigenvalue weighted by atomic mass is 9.98. The fourth-order valence-electron chi connectivity index (χ4n) is 3.60. The Labute approximate surface area is 177 Å². The average Bonchev–Trinajstić information content (AvgIpc) is 3.50. The van der Waals surface area contributed by atoms with E-state index in [1.807, 2.05) is 12.1 Å². The Hall–Kier alpha value is -3.19. The molecule has 1 aliphatic carbocycles. The number of ether oxygens (including phenoxy) is 1. The molecule has 1 aromatic heterocycles. The van der Waals surface area contributed by atoms with Crippen molar-refractivity contribution in [2.75, 3.05) is 0 Å². The molecule has 1 saturated carbocycles. The molecule has 0 N–H and O–H groups in total. The van der Waals surface area contributed by atoms with Crippen LogP contribution in [0.2, 0.25) is 5.02 Å². The van der Waals surface area contributed by atoms with Crippen LogP contribution < -0.4 is 0 Å². The van der Waals surface area contributed by atoms with Gasteiger partial charge in [0.25, 0.3) is 5.91 Å². The van der Waals surface area contributed by atoms with E-state index in [2.05, 4.69) is 10.2 Å². The zero-order chi connectivity index (χ0) is 20.7. The van der Waals surface area contributed by atoms with Crippen molar-refractivity contribution in [1.82, 2.24) is 15.1 Å². The summed E-state index contributed by atoms with van der Waals surface area (Å²) < 4.78 is 11.2. The Morgan fingerprint density at radius 1 is 1.10 bits per heavy atom. The van der Waals surface area contributed by atoms with Crippen LogP contribution in [0.25, 0.3) is 11.5 Å². The minimum absolute atomic E-state index is 0.0965. The highest BCUT2D eigenvalue weighted by Gasteiger charge is 2.40. The molecule has 3 aromatic rings. The van der Waals surface area contributed by atoms with Crippen LogP contribution in [0.3, 0.4) is 0 Å². The molecule has 0 saturated heterocycles. The van der Waals surface area contributed by atoms with E-state index in [-0.39, 0.29) is 18.5 Å². The Morgan fingerprint density at radius 2 is 1.87 bits per heavy atom. The van der Waals surface area contributed by atoms with Crippen LogP contribution in [0.1, 0.15) is 34.7 Å². The molecule has 2 heterocycles. The molecular weight excluding hydrogens is 406 g/mol. The molecule has 0 bridgehead atoms. The SMILES string of the molecule is O=C1O[C@H](C(=O)N(Cc2nnc(-c3ccc(Cl)cc3)o2)C2CC2)Cc2ccccc21. The minimum Gasteiger partial charge on any atom is -0.448 e. The first-order chi connectivity index (χ1) is 14.6. The molecule has 152 valence electrons. The molecule has 1 fully saturated rings. The molecule has 5 rings (SSSR count). The van der Waals surface area contributed by atoms with Crippen LogP contribution >= 0.6 is 11.6 Å². The molecule has 30 heavy (non-hydrogen) atoms. The van der Waals surface area contributed by atoms with Crippen LogP contribution in [-0.2, 0) is 22.5 Å². The van der Waals surface area contributed by atoms with Crippen molar-refractivity contribution in [3.05, 3.63) is 70.6 Å². The normalized spacial score (nSPS) is 17.9. The summed E-state index contributed by atoms with van der Waals surface area (Å²) >= 11 is 5.92. The van der Waals surface area contributed by atoms with E-state index < -0.39 is 12.1 Å². The second kappa shape index (κ2) is 7.57. The lowest BCUT2D eigenvalue weighted by Gasteiger charge is -2.29. The summed E-state index contributed by atoms with van der Waals surface area (Å²) in [5.74, 6) is 0.00554. The van der Waals surface area contributed by atoms with Crippen molar-refractivity contribution >= 4 is 23.5 Å². The second-order valence-electron chi connectivity index (χ2n) is 7.46. The number of cyclic esters (lactones) is 1. The van der Waals surface area contributed by atoms with Crippen molar-refractivity contribution in [1.29, 1.82) is 0 Å². The van der Waals surface area contributed by atoms with Crippen LogP contribution in [0.15, 0.2) is 52.9 Å². The maximum absolute atomic E-state index is 13.2. The molecule has 7 nitrogen and oxygen atoms in total. The number of aromatic nitrogens is 2. The molecule has 1 atom stereocenters. The van der Waals surface area contributed by atoms with E-state index in [4.69, 9.17) is 20.8 Å². The first-order valence-corrected chi connectivity index (χ1v) is 10.1. The van der Waals surface area contributed by atoms with Gasteiger partial charge in [0.15, 0.2) is 6.10 Å². The van der Waals surface area contributed by atoms with Gasteiger partial charge in [-0.2, -0.15) is 0 Å². The third-order valence-electron chi connectivity index (χ3n) is 5.30. The summed E-state index contributed by atoms with van der Waals surface area (Å²) in [6.07, 6.45) is 1.33. The van der Waals surface area contributed by atoms with Gasteiger partial charge in [0.1, 0.15) is 0 Å². The van der Waals surface area contributed by atoms with Gasteiger partial charge in [-0.1, -0.05) is 29.8 Å². The molecule has 0 spiro atoms. The van der Waals surface area contributed by atoms with Gasteiger partial charge in [0.2, 0.25) is 11.8 Å². The Bertz CT molecular complexity index is 1110. The maximum Gasteiger partial charge on any atom is 0.339 e. The van der Waals surface area contributed by atoms with Gasteiger partial charge in [0.05, 0.1) is 12.1 Å². The van der Waals surface area contributed by atoms with Crippen LogP contribution in [0, 0.1) is 0 Å². The number of halogens is 1. The number of hydrogen-bond acceptors (Lipinski definition) is 6. The maximum atomic E-state index is 13.2. The number of hydrogen-bond donors (Lipinski definition) is 0. The highest BCUT2D eigenvalue weighted by atomic mass is 35.5. The van der Waals surface area contributed by atoms with Crippen LogP contribution in [-0.4, -0.2) is 39.1 Å². The highest BCUT2D eigenvalue weighted by Crippen LogP contribution is 2.31. The Kier molecular flexibility index (Phi) is 4.75. The number of rotatable bonds is 5. The summed E-state index contributed by atoms with van der Waals surface area (Å²) in [6, 6.07) is 14.4. The lowest BCUT2D eigenvalue weighted by Crippen LogP contribution is -2.45. The van der Waals surface area contributed by atoms with Gasteiger partial charge in [-0.15, -0.1) is 10.2 Å². The number of benzene rings is 2. The summed E-state index contributed by atoms with van der Waals surface area (Å²) in [7, 11) is 0. The number of carbonyl (C=O) groups is 2. The van der Waals surface area contributed by atoms with Crippen LogP contribution in [0.4, 0.5) is 0 Å². The summed E-state index contributed by atoms with van der Waals surface area (Å²) in [4.78, 5) is 27.2. The summed E-state index contributed by atoms with van der Waals surface area (Å²) in [6.45, 7) is 0.180. The van der Waals surface area contributed by atoms with Crippen molar-refractivity contribution in [2.24, 2.45) is 0 Å². The van der Waals surface area contributed by atoms with Crippen LogP contribution in [0.5, 0.6) is 0 Å². The topological polar surface area (TPSA) is 85.5 Å². The quantitative estimate of drug-likeness (QED) is 0.582. The van der Waals surface area contributed by atoms with E-state index in [0.717, 1.165) is 24.0 Å². The first-order valence-electron chi connectivity index (χ1n) is 9.76. The fourth-order valence-corrected chi connectivity index (χ4v) is 3.73. The lowest BCUT2D eigenvalue weighted by molar-refractivity contribution is -0.142. The number of carbonyl (C=O) groups excluding carboxylic acids is 2. The van der Waals surface area contributed by atoms with Crippen molar-refractivity contribution in [2.45, 2.75) is 38.0 Å². The van der Waals surface area contributed by atoms with Gasteiger partial charge in [0, 0.05) is 23.0 Å². The molecule has 1 aliphatic heterocycles. The molecule has 8 heteroatoms. The average molecular weight is 424 g/mol. The third-order valence-corrected chi connectivity index (χ3v) is 5.55. The summed E-state index contributed by atoms with van der Waals surface area (Å²) in [5.41, 5.74) is 2.09. The number of esters is 1. The molecule has 2 aliphatic rings. The van der Waals surface area contributed by atoms with Gasteiger partial charge in [-0.25, -0.2) is 4.79 Å².